The van der Waals surface area contributed by atoms with Crippen molar-refractivity contribution in [2.75, 3.05) is 6.61 Å². The van der Waals surface area contributed by atoms with Gasteiger partial charge in [0.25, 0.3) is 19.6 Å². The molecule has 1 aliphatic heterocycles. The van der Waals surface area contributed by atoms with Crippen molar-refractivity contribution in [3.8, 4) is 5.75 Å². The summed E-state index contributed by atoms with van der Waals surface area (Å²) < 4.78 is 60.8. The van der Waals surface area contributed by atoms with Crippen LogP contribution in [-0.2, 0) is 23.4 Å². The van der Waals surface area contributed by atoms with Gasteiger partial charge in [0.05, 0.1) is 10.6 Å². The molecule has 0 bridgehead atoms. The third-order valence-electron chi connectivity index (χ3n) is 6.45. The number of aromatic nitrogens is 2. The van der Waals surface area contributed by atoms with Gasteiger partial charge in [-0.25, -0.2) is 13.6 Å². The van der Waals surface area contributed by atoms with Gasteiger partial charge in [-0.3, -0.25) is 23.7 Å². The summed E-state index contributed by atoms with van der Waals surface area (Å²) in [7, 11) is -3.66. The number of H-pyrrole nitrogens is 1. The maximum atomic E-state index is 15.9. The van der Waals surface area contributed by atoms with Crippen molar-refractivity contribution >= 4 is 40.9 Å². The van der Waals surface area contributed by atoms with Gasteiger partial charge in [0.15, 0.2) is 18.0 Å². The maximum Gasteiger partial charge on any atom is 0.330 e. The largest absolute Gasteiger partial charge is 0.462 e. The van der Waals surface area contributed by atoms with Crippen molar-refractivity contribution in [1.29, 1.82) is 0 Å². The first-order valence-electron chi connectivity index (χ1n) is 12.7. The molecule has 12 nitrogen and oxygen atoms in total. The van der Waals surface area contributed by atoms with Crippen molar-refractivity contribution < 1.29 is 42.1 Å². The van der Waals surface area contributed by atoms with Gasteiger partial charge in [-0.2, -0.15) is 0 Å². The van der Waals surface area contributed by atoms with E-state index in [1.54, 1.807) is 38.1 Å². The number of hydrogen-bond donors (Lipinski definition) is 2. The molecule has 2 heterocycles. The average Bonchev–Trinajstić information content (AvgIpc) is 3.11. The number of hydroxylamine groups is 1. The highest BCUT2D eigenvalue weighted by molar-refractivity contribution is 9.10. The van der Waals surface area contributed by atoms with Crippen LogP contribution in [-0.4, -0.2) is 61.8 Å². The highest BCUT2D eigenvalue weighted by Gasteiger charge is 2.65. The van der Waals surface area contributed by atoms with Crippen LogP contribution in [0.5, 0.6) is 5.75 Å². The van der Waals surface area contributed by atoms with Crippen molar-refractivity contribution in [2.24, 2.45) is 0 Å². The van der Waals surface area contributed by atoms with E-state index in [2.05, 4.69) is 15.9 Å². The van der Waals surface area contributed by atoms with E-state index in [4.69, 9.17) is 18.8 Å². The van der Waals surface area contributed by atoms with Gasteiger partial charge >= 0.3 is 11.7 Å². The van der Waals surface area contributed by atoms with E-state index in [9.17, 15) is 24.1 Å². The molecule has 0 radical (unpaired) electrons. The minimum atomic E-state index is -3.66. The Morgan fingerprint density at radius 2 is 1.88 bits per heavy atom. The monoisotopic (exact) mass is 675 g/mol. The zero-order valence-corrected chi connectivity index (χ0v) is 25.5. The van der Waals surface area contributed by atoms with E-state index in [0.717, 1.165) is 23.9 Å². The van der Waals surface area contributed by atoms with Crippen LogP contribution >= 0.6 is 24.1 Å². The first kappa shape index (κ1) is 32.0. The predicted octanol–water partition coefficient (Wildman–Crippen LogP) is 3.78. The molecule has 228 valence electrons. The summed E-state index contributed by atoms with van der Waals surface area (Å²) >= 11 is 2.90. The molecule has 0 aliphatic carbocycles. The molecule has 1 fully saturated rings. The van der Waals surface area contributed by atoms with Gasteiger partial charge in [-0.15, -0.1) is 0 Å². The van der Waals surface area contributed by atoms with Crippen molar-refractivity contribution in [1.82, 2.24) is 14.4 Å². The smallest absolute Gasteiger partial charge is 0.330 e. The van der Waals surface area contributed by atoms with Gasteiger partial charge < -0.3 is 23.9 Å². The van der Waals surface area contributed by atoms with Gasteiger partial charge in [0.2, 0.25) is 0 Å². The Hall–Kier alpha value is -2.94. The summed E-state index contributed by atoms with van der Waals surface area (Å²) in [5.74, 6) is -3.96. The fraction of sp³-hybridized carbons (Fsp3) is 0.423. The maximum absolute atomic E-state index is 15.9. The van der Waals surface area contributed by atoms with E-state index in [1.165, 1.54) is 6.92 Å². The molecule has 42 heavy (non-hydrogen) atoms. The number of aromatic amines is 1. The molecule has 1 aromatic heterocycles. The molecule has 6 atom stereocenters. The highest BCUT2D eigenvalue weighted by atomic mass is 79.9. The van der Waals surface area contributed by atoms with Gasteiger partial charge in [0.1, 0.15) is 18.4 Å². The molecular formula is C26H29BrF2N3O9P. The number of carbonyl (C=O) groups excluding carboxylic acids is 1. The number of rotatable bonds is 10. The van der Waals surface area contributed by atoms with E-state index in [-0.39, 0.29) is 10.2 Å². The van der Waals surface area contributed by atoms with Crippen LogP contribution < -0.4 is 16.1 Å². The first-order chi connectivity index (χ1) is 19.6. The quantitative estimate of drug-likeness (QED) is 0.185. The molecule has 0 amide bonds. The molecule has 0 spiro atoms. The Balaban J connectivity index is 1.58. The Kier molecular flexibility index (Phi) is 9.40. The number of aliphatic hydroxyl groups excluding tert-OH is 1. The molecule has 2 N–H and O–H groups in total. The Morgan fingerprint density at radius 1 is 1.21 bits per heavy atom. The lowest BCUT2D eigenvalue weighted by molar-refractivity contribution is -0.204. The number of benzene rings is 2. The number of hydrogen-bond acceptors (Lipinski definition) is 9. The Bertz CT molecular complexity index is 1620. The molecule has 16 heteroatoms. The van der Waals surface area contributed by atoms with Crippen LogP contribution in [0.3, 0.4) is 0 Å². The average molecular weight is 676 g/mol. The van der Waals surface area contributed by atoms with E-state index >= 15 is 8.78 Å². The van der Waals surface area contributed by atoms with Gasteiger partial charge in [-0.05, 0) is 66.5 Å². The number of nitrogens with zero attached hydrogens (tertiary/aromatic N) is 2. The fourth-order valence-electron chi connectivity index (χ4n) is 4.26. The number of esters is 1. The lowest BCUT2D eigenvalue weighted by Gasteiger charge is -2.29. The second-order valence-corrected chi connectivity index (χ2v) is 12.2. The molecule has 1 saturated heterocycles. The summed E-state index contributed by atoms with van der Waals surface area (Å²) in [5.41, 5.74) is -4.86. The van der Waals surface area contributed by atoms with Crippen LogP contribution in [0.4, 0.5) is 8.78 Å². The zero-order valence-electron chi connectivity index (χ0n) is 22.9. The molecule has 3 aromatic rings. The minimum absolute atomic E-state index is 0.173. The van der Waals surface area contributed by atoms with Crippen molar-refractivity contribution in [3.63, 3.8) is 0 Å². The van der Waals surface area contributed by atoms with E-state index in [1.807, 2.05) is 23.2 Å². The van der Waals surface area contributed by atoms with Crippen LogP contribution in [0.2, 0.25) is 0 Å². The topological polar surface area (TPSA) is 149 Å². The first-order valence-corrected chi connectivity index (χ1v) is 14.8. The number of carbonyl (C=O) groups is 1. The second kappa shape index (κ2) is 12.3. The SMILES string of the molecule is CC(C)OC(=O)C(C)N(Oc1ccc2ccccc2c1)[P@@H](=O)OC[C@@]1(F)O[C@@H](n2cc(Br)c(=O)[nH]c2=O)[C@](C)(F)[C@@H]1O. The minimum Gasteiger partial charge on any atom is -0.462 e. The zero-order chi connectivity index (χ0) is 31.0. The van der Waals surface area contributed by atoms with Crippen LogP contribution in [0.1, 0.15) is 33.9 Å². The van der Waals surface area contributed by atoms with Crippen LogP contribution in [0.25, 0.3) is 10.8 Å². The summed E-state index contributed by atoms with van der Waals surface area (Å²) in [5, 5.41) is 12.2. The summed E-state index contributed by atoms with van der Waals surface area (Å²) in [4.78, 5) is 45.0. The fourth-order valence-corrected chi connectivity index (χ4v) is 5.63. The summed E-state index contributed by atoms with van der Waals surface area (Å²) in [6, 6.07) is 10.9. The lowest BCUT2D eigenvalue weighted by atomic mass is 9.97. The lowest BCUT2D eigenvalue weighted by Crippen LogP contribution is -2.47. The van der Waals surface area contributed by atoms with Crippen LogP contribution in [0, 0.1) is 0 Å². The molecule has 1 aliphatic rings. The number of alkyl halides is 2. The van der Waals surface area contributed by atoms with Crippen LogP contribution in [0.15, 0.2) is 62.7 Å². The molecule has 2 aromatic carbocycles. The summed E-state index contributed by atoms with van der Waals surface area (Å²) in [6.07, 6.45) is -4.21. The molecule has 0 saturated carbocycles. The van der Waals surface area contributed by atoms with Crippen molar-refractivity contribution in [3.05, 3.63) is 74.0 Å². The van der Waals surface area contributed by atoms with Crippen molar-refractivity contribution in [2.45, 2.75) is 63.7 Å². The number of halogens is 3. The number of aliphatic hydroxyl groups is 1. The van der Waals surface area contributed by atoms with Gasteiger partial charge in [0, 0.05) is 6.20 Å². The summed E-state index contributed by atoms with van der Waals surface area (Å²) in [6.45, 7) is 4.06. The number of nitrogens with one attached hydrogen (secondary N) is 1. The Morgan fingerprint density at radius 3 is 2.55 bits per heavy atom. The second-order valence-electron chi connectivity index (χ2n) is 10.1. The van der Waals surface area contributed by atoms with E-state index in [0.29, 0.717) is 9.40 Å². The standard InChI is InChI=1S/C26H29BrF2N3O9P/c1-14(2)39-21(34)15(3)32(41-18-10-9-16-7-5-6-8-17(16)11-18)42(37)38-13-26(29)22(35)25(4,28)23(40-26)31-12-19(27)20(33)30-24(31)36/h5-12,14-15,22-23,35,42H,13H2,1-4H3,(H,30,33,36)/t15?,22-,23+,25+,26+/m0/s1. The van der Waals surface area contributed by atoms with E-state index < -0.39 is 68.0 Å². The molecule has 1 unspecified atom stereocenters. The normalized spacial score (nSPS) is 25.6. The predicted molar refractivity (Wildman–Crippen MR) is 151 cm³/mol. The molecular weight excluding hydrogens is 647 g/mol. The van der Waals surface area contributed by atoms with Gasteiger partial charge in [-0.1, -0.05) is 35.2 Å². The Labute approximate surface area is 247 Å². The molecule has 4 rings (SSSR count). The third-order valence-corrected chi connectivity index (χ3v) is 8.25. The highest BCUT2D eigenvalue weighted by Crippen LogP contribution is 2.48. The number of fused-ring (bicyclic) bond motifs is 1. The number of ether oxygens (including phenoxy) is 2. The third kappa shape index (κ3) is 6.51.